The topological polar surface area (TPSA) is 52.4 Å². The summed E-state index contributed by atoms with van der Waals surface area (Å²) in [5.41, 5.74) is 0.173. The van der Waals surface area contributed by atoms with Gasteiger partial charge in [-0.3, -0.25) is 10.1 Å². The predicted octanol–water partition coefficient (Wildman–Crippen LogP) is 2.82. The molecule has 1 aromatic carbocycles. The van der Waals surface area contributed by atoms with Crippen LogP contribution < -0.4 is 4.74 Å². The highest BCUT2D eigenvalue weighted by molar-refractivity contribution is 9.10. The average molecular weight is 276 g/mol. The van der Waals surface area contributed by atoms with Crippen LogP contribution in [0.25, 0.3) is 0 Å². The highest BCUT2D eigenvalue weighted by Gasteiger charge is 2.25. The van der Waals surface area contributed by atoms with E-state index in [1.165, 1.54) is 6.07 Å². The molecule has 6 heteroatoms. The summed E-state index contributed by atoms with van der Waals surface area (Å²) >= 11 is 2.98. The maximum absolute atomic E-state index is 13.5. The van der Waals surface area contributed by atoms with Gasteiger partial charge in [0.2, 0.25) is 5.82 Å². The van der Waals surface area contributed by atoms with E-state index in [0.29, 0.717) is 24.3 Å². The van der Waals surface area contributed by atoms with Crippen LogP contribution in [0.4, 0.5) is 10.1 Å². The summed E-state index contributed by atoms with van der Waals surface area (Å²) in [5.74, 6) is -0.481. The highest BCUT2D eigenvalue weighted by Crippen LogP contribution is 2.39. The SMILES string of the molecule is O=[N+]([O-])c1cc2c(c(Br)c1F)OCCC2. The van der Waals surface area contributed by atoms with Gasteiger partial charge in [0, 0.05) is 11.6 Å². The first-order chi connectivity index (χ1) is 7.11. The van der Waals surface area contributed by atoms with Crippen molar-refractivity contribution in [2.24, 2.45) is 0 Å². The third-order valence-electron chi connectivity index (χ3n) is 2.25. The monoisotopic (exact) mass is 275 g/mol. The van der Waals surface area contributed by atoms with E-state index >= 15 is 0 Å². The van der Waals surface area contributed by atoms with Gasteiger partial charge in [-0.1, -0.05) is 0 Å². The Morgan fingerprint density at radius 2 is 2.33 bits per heavy atom. The second kappa shape index (κ2) is 3.77. The van der Waals surface area contributed by atoms with Gasteiger partial charge in [0.25, 0.3) is 0 Å². The van der Waals surface area contributed by atoms with Gasteiger partial charge in [-0.2, -0.15) is 4.39 Å². The van der Waals surface area contributed by atoms with E-state index in [9.17, 15) is 14.5 Å². The van der Waals surface area contributed by atoms with E-state index in [4.69, 9.17) is 4.74 Å². The zero-order chi connectivity index (χ0) is 11.0. The van der Waals surface area contributed by atoms with Crippen molar-refractivity contribution in [3.05, 3.63) is 32.0 Å². The Bertz CT molecular complexity index is 436. The lowest BCUT2D eigenvalue weighted by Crippen LogP contribution is -2.10. The number of aryl methyl sites for hydroxylation is 1. The van der Waals surface area contributed by atoms with Crippen LogP contribution in [0.3, 0.4) is 0 Å². The minimum atomic E-state index is -0.874. The summed E-state index contributed by atoms with van der Waals surface area (Å²) in [6.07, 6.45) is 1.47. The fourth-order valence-electron chi connectivity index (χ4n) is 1.56. The number of halogens is 2. The van der Waals surface area contributed by atoms with Crippen LogP contribution in [-0.2, 0) is 6.42 Å². The van der Waals surface area contributed by atoms with Crippen molar-refractivity contribution < 1.29 is 14.1 Å². The Labute approximate surface area is 93.3 Å². The minimum Gasteiger partial charge on any atom is -0.492 e. The van der Waals surface area contributed by atoms with Gasteiger partial charge in [0.1, 0.15) is 10.2 Å². The Morgan fingerprint density at radius 3 is 3.00 bits per heavy atom. The fraction of sp³-hybridized carbons (Fsp3) is 0.333. The van der Waals surface area contributed by atoms with Gasteiger partial charge in [0.05, 0.1) is 11.5 Å². The second-order valence-electron chi connectivity index (χ2n) is 3.22. The number of ether oxygens (including phenoxy) is 1. The van der Waals surface area contributed by atoms with Crippen molar-refractivity contribution in [1.82, 2.24) is 0 Å². The molecule has 0 aliphatic carbocycles. The van der Waals surface area contributed by atoms with Crippen molar-refractivity contribution in [3.8, 4) is 5.75 Å². The Hall–Kier alpha value is -1.17. The summed E-state index contributed by atoms with van der Waals surface area (Å²) in [5, 5.41) is 10.6. The van der Waals surface area contributed by atoms with Crippen molar-refractivity contribution in [3.63, 3.8) is 0 Å². The highest BCUT2D eigenvalue weighted by atomic mass is 79.9. The van der Waals surface area contributed by atoms with Crippen molar-refractivity contribution >= 4 is 21.6 Å². The van der Waals surface area contributed by atoms with Crippen molar-refractivity contribution in [2.75, 3.05) is 6.61 Å². The van der Waals surface area contributed by atoms with Gasteiger partial charge in [0.15, 0.2) is 0 Å². The number of nitro benzene ring substituents is 1. The number of hydrogen-bond donors (Lipinski definition) is 0. The third-order valence-corrected chi connectivity index (χ3v) is 2.96. The zero-order valence-electron chi connectivity index (χ0n) is 7.63. The maximum Gasteiger partial charge on any atom is 0.306 e. The molecule has 2 rings (SSSR count). The van der Waals surface area contributed by atoms with Crippen LogP contribution in [0.5, 0.6) is 5.75 Å². The lowest BCUT2D eigenvalue weighted by molar-refractivity contribution is -0.387. The van der Waals surface area contributed by atoms with Crippen LogP contribution in [0, 0.1) is 15.9 Å². The first kappa shape index (κ1) is 10.4. The zero-order valence-corrected chi connectivity index (χ0v) is 9.21. The molecular weight excluding hydrogens is 269 g/mol. The maximum atomic E-state index is 13.5. The van der Waals surface area contributed by atoms with Crippen LogP contribution in [-0.4, -0.2) is 11.5 Å². The number of benzene rings is 1. The molecule has 1 aromatic rings. The van der Waals surface area contributed by atoms with Crippen molar-refractivity contribution in [1.29, 1.82) is 0 Å². The lowest BCUT2D eigenvalue weighted by Gasteiger charge is -2.18. The van der Waals surface area contributed by atoms with Gasteiger partial charge >= 0.3 is 5.69 Å². The normalized spacial score (nSPS) is 14.3. The van der Waals surface area contributed by atoms with Gasteiger partial charge in [-0.15, -0.1) is 0 Å². The second-order valence-corrected chi connectivity index (χ2v) is 4.01. The van der Waals surface area contributed by atoms with Gasteiger partial charge in [-0.25, -0.2) is 0 Å². The average Bonchev–Trinajstić information content (AvgIpc) is 2.23. The molecule has 0 unspecified atom stereocenters. The van der Waals surface area contributed by atoms with E-state index < -0.39 is 16.4 Å². The Kier molecular flexibility index (Phi) is 2.60. The molecule has 0 atom stereocenters. The summed E-state index contributed by atoms with van der Waals surface area (Å²) in [7, 11) is 0. The summed E-state index contributed by atoms with van der Waals surface area (Å²) in [4.78, 5) is 9.84. The molecule has 15 heavy (non-hydrogen) atoms. The molecule has 1 aliphatic heterocycles. The van der Waals surface area contributed by atoms with E-state index in [0.717, 1.165) is 6.42 Å². The molecular formula is C9H7BrFNO3. The molecule has 0 spiro atoms. The number of nitrogens with zero attached hydrogens (tertiary/aromatic N) is 1. The molecule has 0 aromatic heterocycles. The van der Waals surface area contributed by atoms with Gasteiger partial charge in [-0.05, 0) is 28.8 Å². The lowest BCUT2D eigenvalue weighted by atomic mass is 10.1. The van der Waals surface area contributed by atoms with E-state index in [-0.39, 0.29) is 4.47 Å². The molecule has 0 amide bonds. The van der Waals surface area contributed by atoms with Crippen molar-refractivity contribution in [2.45, 2.75) is 12.8 Å². The fourth-order valence-corrected chi connectivity index (χ4v) is 2.13. The number of hydrogen-bond acceptors (Lipinski definition) is 3. The first-order valence-corrected chi connectivity index (χ1v) is 5.18. The molecule has 80 valence electrons. The van der Waals surface area contributed by atoms with Crippen LogP contribution >= 0.6 is 15.9 Å². The first-order valence-electron chi connectivity index (χ1n) is 4.39. The van der Waals surface area contributed by atoms with Crippen LogP contribution in [0.2, 0.25) is 0 Å². The minimum absolute atomic E-state index is 0.0476. The molecule has 0 N–H and O–H groups in total. The molecule has 0 bridgehead atoms. The summed E-state index contributed by atoms with van der Waals surface area (Å²) in [6, 6.07) is 1.24. The van der Waals surface area contributed by atoms with E-state index in [1.54, 1.807) is 0 Å². The molecule has 0 radical (unpaired) electrons. The third kappa shape index (κ3) is 1.69. The van der Waals surface area contributed by atoms with E-state index in [1.807, 2.05) is 0 Å². The predicted molar refractivity (Wildman–Crippen MR) is 54.6 cm³/mol. The van der Waals surface area contributed by atoms with Crippen LogP contribution in [0.15, 0.2) is 10.5 Å². The summed E-state index contributed by atoms with van der Waals surface area (Å²) in [6.45, 7) is 0.517. The van der Waals surface area contributed by atoms with Gasteiger partial charge < -0.3 is 4.74 Å². The quantitative estimate of drug-likeness (QED) is 0.585. The standard InChI is InChI=1S/C9H7BrFNO3/c10-7-8(11)6(12(13)14)4-5-2-1-3-15-9(5)7/h4H,1-3H2. The number of nitro groups is 1. The Balaban J connectivity index is 2.63. The molecule has 0 fully saturated rings. The number of fused-ring (bicyclic) bond motifs is 1. The van der Waals surface area contributed by atoms with E-state index in [2.05, 4.69) is 15.9 Å². The molecule has 0 saturated carbocycles. The number of rotatable bonds is 1. The molecule has 1 heterocycles. The molecule has 1 aliphatic rings. The smallest absolute Gasteiger partial charge is 0.306 e. The Morgan fingerprint density at radius 1 is 1.60 bits per heavy atom. The molecule has 0 saturated heterocycles. The largest absolute Gasteiger partial charge is 0.492 e. The molecule has 4 nitrogen and oxygen atoms in total. The van der Waals surface area contributed by atoms with Crippen LogP contribution in [0.1, 0.15) is 12.0 Å². The summed E-state index contributed by atoms with van der Waals surface area (Å²) < 4.78 is 18.8.